The minimum absolute atomic E-state index is 0.00848. The van der Waals surface area contributed by atoms with Gasteiger partial charge < -0.3 is 35.0 Å². The van der Waals surface area contributed by atoms with Crippen molar-refractivity contribution < 1.29 is 34.1 Å². The number of rotatable bonds is 8. The predicted octanol–water partition coefficient (Wildman–Crippen LogP) is 3.45. The van der Waals surface area contributed by atoms with Crippen LogP contribution in [0.2, 0.25) is 0 Å². The number of phenols is 1. The Hall–Kier alpha value is -3.88. The zero-order chi connectivity index (χ0) is 34.5. The normalized spacial score (nSPS) is 20.7. The van der Waals surface area contributed by atoms with Crippen LogP contribution < -0.4 is 5.32 Å². The van der Waals surface area contributed by atoms with Gasteiger partial charge in [-0.15, -0.1) is 0 Å². The number of anilines is 1. The summed E-state index contributed by atoms with van der Waals surface area (Å²) in [5, 5.41) is 22.1. The van der Waals surface area contributed by atoms with Gasteiger partial charge in [-0.05, 0) is 77.4 Å². The highest BCUT2D eigenvalue weighted by Crippen LogP contribution is 2.28. The summed E-state index contributed by atoms with van der Waals surface area (Å²) >= 11 is 3.35. The molecule has 3 saturated heterocycles. The van der Waals surface area contributed by atoms with Crippen LogP contribution in [0.4, 0.5) is 15.3 Å². The smallest absolute Gasteiger partial charge is 0.410 e. The molecule has 0 saturated carbocycles. The fraction of sp³-hybridized carbons (Fsp3) is 0.543. The number of piperazine rings is 1. The maximum absolute atomic E-state index is 14.0. The fourth-order valence-corrected chi connectivity index (χ4v) is 7.94. The van der Waals surface area contributed by atoms with Crippen LogP contribution in [0.25, 0.3) is 0 Å². The number of likely N-dealkylation sites (tertiary alicyclic amines) is 2. The van der Waals surface area contributed by atoms with Crippen LogP contribution in [0.3, 0.4) is 0 Å². The molecular weight excluding hydrogens is 696 g/mol. The first-order valence-corrected chi connectivity index (χ1v) is 18.0. The quantitative estimate of drug-likeness (QED) is 0.371. The molecule has 13 nitrogen and oxygen atoms in total. The number of para-hydroxylation sites is 1. The number of ether oxygens (including phenoxy) is 1. The molecule has 4 amide bonds. The zero-order valence-electron chi connectivity index (χ0n) is 27.6. The fourth-order valence-electron chi connectivity index (χ4n) is 7.51. The Bertz CT molecular complexity index is 1520. The van der Waals surface area contributed by atoms with Gasteiger partial charge >= 0.3 is 18.1 Å². The molecule has 0 radical (unpaired) electrons. The highest BCUT2D eigenvalue weighted by Gasteiger charge is 2.36. The molecule has 4 aliphatic heterocycles. The Morgan fingerprint density at radius 2 is 1.57 bits per heavy atom. The van der Waals surface area contributed by atoms with Gasteiger partial charge in [0.15, 0.2) is 6.10 Å². The van der Waals surface area contributed by atoms with Crippen LogP contribution in [-0.4, -0.2) is 142 Å². The van der Waals surface area contributed by atoms with Gasteiger partial charge in [0.1, 0.15) is 5.75 Å². The summed E-state index contributed by atoms with van der Waals surface area (Å²) in [4.78, 5) is 61.3. The number of phenolic OH excluding ortho intramolecular Hbond substituents is 1. The molecule has 1 atom stereocenters. The highest BCUT2D eigenvalue weighted by atomic mass is 79.9. The van der Waals surface area contributed by atoms with Gasteiger partial charge in [0.05, 0.1) is 11.0 Å². The van der Waals surface area contributed by atoms with Crippen LogP contribution in [-0.2, 0) is 27.2 Å². The van der Waals surface area contributed by atoms with E-state index in [9.17, 15) is 24.3 Å². The monoisotopic (exact) mass is 740 g/mol. The van der Waals surface area contributed by atoms with E-state index in [0.29, 0.717) is 69.2 Å². The minimum Gasteiger partial charge on any atom is -0.507 e. The average Bonchev–Trinajstić information content (AvgIpc) is 3.27. The van der Waals surface area contributed by atoms with Crippen molar-refractivity contribution in [3.8, 4) is 5.75 Å². The highest BCUT2D eigenvalue weighted by molar-refractivity contribution is 9.10. The Labute approximate surface area is 294 Å². The molecule has 4 aliphatic rings. The van der Waals surface area contributed by atoms with Gasteiger partial charge in [0, 0.05) is 83.1 Å². The molecule has 6 rings (SSSR count). The molecular formula is C35H45BrN6O7. The molecule has 0 spiro atoms. The van der Waals surface area contributed by atoms with Crippen molar-refractivity contribution in [3.63, 3.8) is 0 Å². The van der Waals surface area contributed by atoms with Crippen LogP contribution in [0.1, 0.15) is 36.8 Å². The van der Waals surface area contributed by atoms with Gasteiger partial charge in [-0.2, -0.15) is 0 Å². The number of carboxylic acids is 1. The van der Waals surface area contributed by atoms with E-state index in [1.807, 2.05) is 34.1 Å². The number of benzene rings is 2. The molecule has 2 aromatic carbocycles. The number of amides is 4. The number of carboxylic acid groups (broad SMARTS) is 1. The topological polar surface area (TPSA) is 146 Å². The van der Waals surface area contributed by atoms with E-state index in [2.05, 4.69) is 26.1 Å². The van der Waals surface area contributed by atoms with Crippen molar-refractivity contribution in [2.24, 2.45) is 0 Å². The van der Waals surface area contributed by atoms with Crippen LogP contribution in [0.5, 0.6) is 5.75 Å². The van der Waals surface area contributed by atoms with E-state index in [0.717, 1.165) is 49.2 Å². The SMILES string of the molecule is O=C(O)CN1CCC(N2CCN(C(=O)[C@@H](Cc3ccc(O)c(Br)c3)OC(=O)N3CCC(N4CCc5ccccc5NC4=O)CC3)CC2)CC1. The number of aliphatic carboxylic acids is 1. The first kappa shape index (κ1) is 35.0. The van der Waals surface area contributed by atoms with Gasteiger partial charge in [0.2, 0.25) is 0 Å². The zero-order valence-corrected chi connectivity index (χ0v) is 29.2. The van der Waals surface area contributed by atoms with Crippen molar-refractivity contribution in [3.05, 3.63) is 58.1 Å². The third-order valence-corrected chi connectivity index (χ3v) is 11.0. The third kappa shape index (κ3) is 8.65. The molecule has 0 aliphatic carbocycles. The Kier molecular flexibility index (Phi) is 11.3. The Balaban J connectivity index is 1.05. The lowest BCUT2D eigenvalue weighted by molar-refractivity contribution is -0.143. The van der Waals surface area contributed by atoms with E-state index in [1.54, 1.807) is 28.0 Å². The second-order valence-electron chi connectivity index (χ2n) is 13.4. The molecule has 2 aromatic rings. The molecule has 4 heterocycles. The number of hydrogen-bond acceptors (Lipinski definition) is 8. The Morgan fingerprint density at radius 1 is 0.878 bits per heavy atom. The van der Waals surface area contributed by atoms with E-state index in [4.69, 9.17) is 9.84 Å². The van der Waals surface area contributed by atoms with E-state index in [1.165, 1.54) is 0 Å². The number of nitrogens with zero attached hydrogens (tertiary/aromatic N) is 5. The number of nitrogens with one attached hydrogen (secondary N) is 1. The molecule has 0 bridgehead atoms. The average molecular weight is 742 g/mol. The van der Waals surface area contributed by atoms with E-state index in [-0.39, 0.29) is 36.7 Å². The number of urea groups is 1. The third-order valence-electron chi connectivity index (χ3n) is 10.3. The standard InChI is InChI=1S/C35H45BrN6O7/c36-28-21-24(5-6-30(28)43)22-31(33(46)40-19-17-39(18-20-40)26-8-12-38(13-9-26)23-32(44)45)49-35(48)41-14-10-27(11-15-41)42-16-7-25-3-1-2-4-29(25)37-34(42)47/h1-6,21,26-27,31,43H,7-20,22-23H2,(H,37,47)(H,44,45)/t31-/m1/s1. The first-order chi connectivity index (χ1) is 23.6. The molecule has 49 heavy (non-hydrogen) atoms. The number of fused-ring (bicyclic) bond motifs is 1. The largest absolute Gasteiger partial charge is 0.507 e. The maximum atomic E-state index is 14.0. The van der Waals surface area contributed by atoms with Gasteiger partial charge in [-0.25, -0.2) is 9.59 Å². The van der Waals surface area contributed by atoms with Gasteiger partial charge in [-0.1, -0.05) is 24.3 Å². The van der Waals surface area contributed by atoms with Crippen molar-refractivity contribution in [1.29, 1.82) is 0 Å². The summed E-state index contributed by atoms with van der Waals surface area (Å²) in [6, 6.07) is 13.0. The minimum atomic E-state index is -1.04. The summed E-state index contributed by atoms with van der Waals surface area (Å²) in [7, 11) is 0. The number of halogens is 1. The predicted molar refractivity (Wildman–Crippen MR) is 185 cm³/mol. The van der Waals surface area contributed by atoms with Crippen molar-refractivity contribution in [2.45, 2.75) is 56.7 Å². The lowest BCUT2D eigenvalue weighted by atomic mass is 10.0. The van der Waals surface area contributed by atoms with Crippen molar-refractivity contribution >= 4 is 45.6 Å². The second-order valence-corrected chi connectivity index (χ2v) is 14.2. The van der Waals surface area contributed by atoms with E-state index < -0.39 is 18.2 Å². The number of aromatic hydroxyl groups is 1. The van der Waals surface area contributed by atoms with Gasteiger partial charge in [0.25, 0.3) is 5.91 Å². The van der Waals surface area contributed by atoms with Crippen LogP contribution in [0, 0.1) is 0 Å². The second kappa shape index (κ2) is 15.8. The summed E-state index contributed by atoms with van der Waals surface area (Å²) < 4.78 is 6.48. The van der Waals surface area contributed by atoms with Crippen LogP contribution >= 0.6 is 15.9 Å². The molecule has 3 fully saturated rings. The van der Waals surface area contributed by atoms with Crippen molar-refractivity contribution in [1.82, 2.24) is 24.5 Å². The number of hydrogen-bond donors (Lipinski definition) is 3. The molecule has 14 heteroatoms. The number of carbonyl (C=O) groups excluding carboxylic acids is 3. The number of carbonyl (C=O) groups is 4. The first-order valence-electron chi connectivity index (χ1n) is 17.2. The summed E-state index contributed by atoms with van der Waals surface area (Å²) in [6.07, 6.45) is 2.34. The van der Waals surface area contributed by atoms with Crippen LogP contribution in [0.15, 0.2) is 46.9 Å². The lowest BCUT2D eigenvalue weighted by Crippen LogP contribution is -2.56. The summed E-state index contributed by atoms with van der Waals surface area (Å²) in [5.74, 6) is -0.971. The molecule has 3 N–H and O–H groups in total. The Morgan fingerprint density at radius 3 is 2.27 bits per heavy atom. The summed E-state index contributed by atoms with van der Waals surface area (Å²) in [6.45, 7) is 5.39. The number of piperidine rings is 2. The summed E-state index contributed by atoms with van der Waals surface area (Å²) in [5.41, 5.74) is 2.69. The lowest BCUT2D eigenvalue weighted by Gasteiger charge is -2.43. The van der Waals surface area contributed by atoms with Gasteiger partial charge in [-0.3, -0.25) is 19.4 Å². The molecule has 0 unspecified atom stereocenters. The van der Waals surface area contributed by atoms with E-state index >= 15 is 0 Å². The maximum Gasteiger partial charge on any atom is 0.410 e. The molecule has 264 valence electrons. The van der Waals surface area contributed by atoms with Crippen molar-refractivity contribution in [2.75, 3.05) is 70.8 Å². The molecule has 0 aromatic heterocycles.